The molecule has 1 fully saturated rings. The number of ether oxygens (including phenoxy) is 2. The van der Waals surface area contributed by atoms with Crippen molar-refractivity contribution in [3.63, 3.8) is 0 Å². The first kappa shape index (κ1) is 13.6. The molecule has 18 heavy (non-hydrogen) atoms. The topological polar surface area (TPSA) is 35.5 Å². The minimum atomic E-state index is -0.207. The Morgan fingerprint density at radius 3 is 2.78 bits per heavy atom. The number of esters is 1. The van der Waals surface area contributed by atoms with E-state index in [1.54, 1.807) is 0 Å². The fourth-order valence-electron chi connectivity index (χ4n) is 3.59. The van der Waals surface area contributed by atoms with Crippen LogP contribution in [0.15, 0.2) is 11.8 Å². The van der Waals surface area contributed by atoms with E-state index in [9.17, 15) is 4.79 Å². The Morgan fingerprint density at radius 2 is 2.11 bits per heavy atom. The van der Waals surface area contributed by atoms with Crippen LogP contribution < -0.4 is 0 Å². The summed E-state index contributed by atoms with van der Waals surface area (Å²) >= 11 is 0. The van der Waals surface area contributed by atoms with Crippen molar-refractivity contribution in [2.75, 3.05) is 7.11 Å². The highest BCUT2D eigenvalue weighted by atomic mass is 16.5. The molecule has 0 saturated heterocycles. The van der Waals surface area contributed by atoms with Crippen LogP contribution in [-0.2, 0) is 14.3 Å². The molecule has 0 radical (unpaired) electrons. The molecule has 3 atom stereocenters. The van der Waals surface area contributed by atoms with Gasteiger partial charge in [0.05, 0.1) is 6.10 Å². The summed E-state index contributed by atoms with van der Waals surface area (Å²) < 4.78 is 11.0. The van der Waals surface area contributed by atoms with Crippen LogP contribution in [-0.4, -0.2) is 19.2 Å². The van der Waals surface area contributed by atoms with E-state index in [1.807, 2.05) is 7.11 Å². The van der Waals surface area contributed by atoms with Crippen molar-refractivity contribution in [1.29, 1.82) is 0 Å². The molecule has 0 N–H and O–H groups in total. The van der Waals surface area contributed by atoms with E-state index >= 15 is 0 Å². The molecule has 0 aromatic heterocycles. The average molecular weight is 252 g/mol. The normalized spacial score (nSPS) is 36.3. The smallest absolute Gasteiger partial charge is 0.307 e. The number of rotatable bonds is 2. The first-order valence-corrected chi connectivity index (χ1v) is 6.96. The lowest BCUT2D eigenvalue weighted by Gasteiger charge is -2.44. The SMILES string of the molecule is CO[C@H]1CCCC[C@H]2CC(OC(C)=O)=CC[C@@]21C. The molecule has 2 aliphatic carbocycles. The molecule has 0 spiro atoms. The van der Waals surface area contributed by atoms with Crippen LogP contribution in [0, 0.1) is 11.3 Å². The Hall–Kier alpha value is -0.830. The second kappa shape index (κ2) is 5.43. The van der Waals surface area contributed by atoms with Gasteiger partial charge in [-0.05, 0) is 31.3 Å². The van der Waals surface area contributed by atoms with Gasteiger partial charge in [0.25, 0.3) is 0 Å². The van der Waals surface area contributed by atoms with Crippen molar-refractivity contribution in [3.05, 3.63) is 11.8 Å². The zero-order chi connectivity index (χ0) is 13.2. The van der Waals surface area contributed by atoms with Crippen molar-refractivity contribution >= 4 is 5.97 Å². The van der Waals surface area contributed by atoms with Gasteiger partial charge in [0, 0.05) is 25.9 Å². The molecule has 0 aliphatic heterocycles. The lowest BCUT2D eigenvalue weighted by atomic mass is 9.65. The molecule has 3 heteroatoms. The summed E-state index contributed by atoms with van der Waals surface area (Å²) in [5, 5.41) is 0. The Bertz CT molecular complexity index is 348. The Morgan fingerprint density at radius 1 is 1.39 bits per heavy atom. The Kier molecular flexibility index (Phi) is 4.10. The van der Waals surface area contributed by atoms with Crippen LogP contribution in [0.3, 0.4) is 0 Å². The number of carbonyl (C=O) groups excluding carboxylic acids is 1. The highest BCUT2D eigenvalue weighted by molar-refractivity contribution is 5.67. The number of hydrogen-bond acceptors (Lipinski definition) is 3. The number of fused-ring (bicyclic) bond motifs is 1. The molecule has 1 saturated carbocycles. The van der Waals surface area contributed by atoms with Crippen LogP contribution in [0.1, 0.15) is 52.4 Å². The zero-order valence-corrected chi connectivity index (χ0v) is 11.7. The van der Waals surface area contributed by atoms with Crippen LogP contribution in [0.5, 0.6) is 0 Å². The Balaban J connectivity index is 2.17. The first-order chi connectivity index (χ1) is 8.56. The number of carbonyl (C=O) groups is 1. The lowest BCUT2D eigenvalue weighted by molar-refractivity contribution is -0.138. The van der Waals surface area contributed by atoms with Crippen molar-refractivity contribution in [2.24, 2.45) is 11.3 Å². The molecular weight excluding hydrogens is 228 g/mol. The monoisotopic (exact) mass is 252 g/mol. The minimum Gasteiger partial charge on any atom is -0.432 e. The van der Waals surface area contributed by atoms with Gasteiger partial charge in [-0.3, -0.25) is 4.79 Å². The van der Waals surface area contributed by atoms with Gasteiger partial charge in [0.15, 0.2) is 0 Å². The highest BCUT2D eigenvalue weighted by Gasteiger charge is 2.44. The maximum absolute atomic E-state index is 11.1. The van der Waals surface area contributed by atoms with E-state index in [-0.39, 0.29) is 11.4 Å². The summed E-state index contributed by atoms with van der Waals surface area (Å²) in [6, 6.07) is 0. The first-order valence-electron chi connectivity index (χ1n) is 6.96. The van der Waals surface area contributed by atoms with Crippen molar-refractivity contribution in [3.8, 4) is 0 Å². The molecule has 0 bridgehead atoms. The van der Waals surface area contributed by atoms with E-state index in [0.29, 0.717) is 12.0 Å². The summed E-state index contributed by atoms with van der Waals surface area (Å²) in [4.78, 5) is 11.1. The van der Waals surface area contributed by atoms with Gasteiger partial charge in [-0.25, -0.2) is 0 Å². The van der Waals surface area contributed by atoms with E-state index in [4.69, 9.17) is 9.47 Å². The summed E-state index contributed by atoms with van der Waals surface area (Å²) in [5.41, 5.74) is 0.203. The number of methoxy groups -OCH3 is 1. The van der Waals surface area contributed by atoms with Gasteiger partial charge in [-0.1, -0.05) is 19.8 Å². The summed E-state index contributed by atoms with van der Waals surface area (Å²) in [5.74, 6) is 1.23. The third kappa shape index (κ3) is 2.61. The maximum Gasteiger partial charge on any atom is 0.307 e. The summed E-state index contributed by atoms with van der Waals surface area (Å²) in [6.45, 7) is 3.80. The quantitative estimate of drug-likeness (QED) is 0.706. The average Bonchev–Trinajstić information content (AvgIpc) is 2.47. The summed E-state index contributed by atoms with van der Waals surface area (Å²) in [7, 11) is 1.82. The molecule has 0 heterocycles. The molecule has 0 aromatic rings. The van der Waals surface area contributed by atoms with Gasteiger partial charge in [0.2, 0.25) is 0 Å². The number of allylic oxidation sites excluding steroid dienone is 2. The van der Waals surface area contributed by atoms with Crippen molar-refractivity contribution < 1.29 is 14.3 Å². The third-order valence-corrected chi connectivity index (χ3v) is 4.71. The molecule has 0 aromatic carbocycles. The van der Waals surface area contributed by atoms with Crippen LogP contribution in [0.2, 0.25) is 0 Å². The minimum absolute atomic E-state index is 0.203. The molecule has 102 valence electrons. The van der Waals surface area contributed by atoms with Crippen molar-refractivity contribution in [1.82, 2.24) is 0 Å². The lowest BCUT2D eigenvalue weighted by Crippen LogP contribution is -2.41. The second-order valence-electron chi connectivity index (χ2n) is 5.88. The number of hydrogen-bond donors (Lipinski definition) is 0. The molecule has 0 unspecified atom stereocenters. The Labute approximate surface area is 110 Å². The highest BCUT2D eigenvalue weighted by Crippen LogP contribution is 2.49. The van der Waals surface area contributed by atoms with E-state index < -0.39 is 0 Å². The van der Waals surface area contributed by atoms with Gasteiger partial charge in [-0.15, -0.1) is 0 Å². The van der Waals surface area contributed by atoms with Gasteiger partial charge < -0.3 is 9.47 Å². The van der Waals surface area contributed by atoms with Crippen LogP contribution in [0.4, 0.5) is 0 Å². The van der Waals surface area contributed by atoms with Gasteiger partial charge in [0.1, 0.15) is 5.76 Å². The molecule has 2 rings (SSSR count). The molecule has 0 amide bonds. The second-order valence-corrected chi connectivity index (χ2v) is 5.88. The molecular formula is C15H24O3. The molecule has 3 nitrogen and oxygen atoms in total. The van der Waals surface area contributed by atoms with Crippen LogP contribution >= 0.6 is 0 Å². The fourth-order valence-corrected chi connectivity index (χ4v) is 3.59. The maximum atomic E-state index is 11.1. The van der Waals surface area contributed by atoms with E-state index in [1.165, 1.54) is 26.2 Å². The summed E-state index contributed by atoms with van der Waals surface area (Å²) in [6.07, 6.45) is 9.14. The molecule has 2 aliphatic rings. The van der Waals surface area contributed by atoms with E-state index in [0.717, 1.165) is 25.0 Å². The fraction of sp³-hybridized carbons (Fsp3) is 0.800. The predicted octanol–water partition coefficient (Wildman–Crippen LogP) is 3.44. The van der Waals surface area contributed by atoms with E-state index in [2.05, 4.69) is 13.0 Å². The van der Waals surface area contributed by atoms with Crippen molar-refractivity contribution in [2.45, 2.75) is 58.5 Å². The van der Waals surface area contributed by atoms with Crippen LogP contribution in [0.25, 0.3) is 0 Å². The largest absolute Gasteiger partial charge is 0.432 e. The van der Waals surface area contributed by atoms with Gasteiger partial charge in [-0.2, -0.15) is 0 Å². The van der Waals surface area contributed by atoms with Gasteiger partial charge >= 0.3 is 5.97 Å². The predicted molar refractivity (Wildman–Crippen MR) is 69.9 cm³/mol. The zero-order valence-electron chi connectivity index (χ0n) is 11.7. The third-order valence-electron chi connectivity index (χ3n) is 4.71. The standard InChI is InChI=1S/C15H24O3/c1-11(16)18-13-8-9-15(2)12(10-13)6-4-5-7-14(15)17-3/h8,12,14H,4-7,9-10H2,1-3H3/t12-,14-,15-/m0/s1.